The molecule has 0 aliphatic carbocycles. The number of aromatic nitrogens is 2. The van der Waals surface area contributed by atoms with Crippen LogP contribution in [0.5, 0.6) is 11.5 Å². The summed E-state index contributed by atoms with van der Waals surface area (Å²) >= 11 is 12.5. The van der Waals surface area contributed by atoms with Crippen molar-refractivity contribution in [1.82, 2.24) is 14.7 Å². The van der Waals surface area contributed by atoms with Crippen molar-refractivity contribution in [3.05, 3.63) is 82.1 Å². The average molecular weight is 757 g/mol. The summed E-state index contributed by atoms with van der Waals surface area (Å²) in [6.45, 7) is 23.9. The van der Waals surface area contributed by atoms with Gasteiger partial charge in [-0.05, 0) is 85.1 Å². The summed E-state index contributed by atoms with van der Waals surface area (Å²) in [5.41, 5.74) is 3.49. The minimum Gasteiger partial charge on any atom is -0.541 e. The molecule has 0 saturated heterocycles. The molecule has 12 heteroatoms. The van der Waals surface area contributed by atoms with Gasteiger partial charge < -0.3 is 23.3 Å². The molecule has 2 aromatic carbocycles. The lowest BCUT2D eigenvalue weighted by molar-refractivity contribution is -0.147. The van der Waals surface area contributed by atoms with E-state index in [9.17, 15) is 9.59 Å². The molecule has 2 heterocycles. The van der Waals surface area contributed by atoms with Crippen LogP contribution >= 0.6 is 23.2 Å². The molecule has 4 aromatic rings. The molecule has 0 radical (unpaired) electrons. The summed E-state index contributed by atoms with van der Waals surface area (Å²) in [5, 5.41) is 3.98. The van der Waals surface area contributed by atoms with Gasteiger partial charge in [-0.2, -0.15) is 0 Å². The van der Waals surface area contributed by atoms with Crippen LogP contribution in [0, 0.1) is 0 Å². The van der Waals surface area contributed by atoms with Gasteiger partial charge in [-0.15, -0.1) is 0 Å². The molecule has 270 valence electrons. The van der Waals surface area contributed by atoms with Gasteiger partial charge in [-0.3, -0.25) is 4.79 Å². The maximum Gasteiger partial charge on any atom is 0.328 e. The SMILES string of the molecule is CCOC(=O)C(Cc1ccc(O[Si](C)(C)C(C)(C)C)c(O[Si](C)(C)C(C)(C)C)c1)NC(=O)Cc1c(-c2ccc(Cl)cc2)nc2ccc(Cl)cn12. The fraction of sp³-hybridized carbons (Fsp3) is 0.447. The van der Waals surface area contributed by atoms with Crippen molar-refractivity contribution < 1.29 is 23.2 Å². The Morgan fingerprint density at radius 1 is 0.840 bits per heavy atom. The fourth-order valence-corrected chi connectivity index (χ4v) is 7.17. The molecule has 1 amide bonds. The molecule has 2 aromatic heterocycles. The van der Waals surface area contributed by atoms with Gasteiger partial charge in [0, 0.05) is 23.2 Å². The van der Waals surface area contributed by atoms with Gasteiger partial charge >= 0.3 is 5.97 Å². The number of carbonyl (C=O) groups excluding carboxylic acids is 2. The van der Waals surface area contributed by atoms with Gasteiger partial charge in [0.15, 0.2) is 0 Å². The Morgan fingerprint density at radius 3 is 2.00 bits per heavy atom. The molecule has 0 fully saturated rings. The lowest BCUT2D eigenvalue weighted by atomic mass is 10.0. The Labute approximate surface area is 309 Å². The summed E-state index contributed by atoms with van der Waals surface area (Å²) in [5.74, 6) is 0.468. The molecule has 0 saturated carbocycles. The highest BCUT2D eigenvalue weighted by Crippen LogP contribution is 2.44. The van der Waals surface area contributed by atoms with E-state index in [1.54, 1.807) is 41.8 Å². The quantitative estimate of drug-likeness (QED) is 0.114. The van der Waals surface area contributed by atoms with Crippen molar-refractivity contribution >= 4 is 57.4 Å². The van der Waals surface area contributed by atoms with Crippen molar-refractivity contribution in [3.63, 3.8) is 0 Å². The maximum absolute atomic E-state index is 13.8. The number of rotatable bonds is 12. The molecule has 4 rings (SSSR count). The third-order valence-electron chi connectivity index (χ3n) is 9.82. The van der Waals surface area contributed by atoms with Crippen molar-refractivity contribution in [2.75, 3.05) is 6.61 Å². The van der Waals surface area contributed by atoms with Crippen LogP contribution in [0.25, 0.3) is 16.9 Å². The molecule has 0 bridgehead atoms. The largest absolute Gasteiger partial charge is 0.541 e. The summed E-state index contributed by atoms with van der Waals surface area (Å²) in [6, 6.07) is 15.7. The number of halogens is 2. The minimum absolute atomic E-state index is 0.0151. The van der Waals surface area contributed by atoms with Crippen LogP contribution in [-0.2, 0) is 27.2 Å². The van der Waals surface area contributed by atoms with Gasteiger partial charge in [0.1, 0.15) is 23.2 Å². The van der Waals surface area contributed by atoms with Crippen LogP contribution in [0.2, 0.25) is 46.3 Å². The Kier molecular flexibility index (Phi) is 11.9. The second-order valence-electron chi connectivity index (χ2n) is 15.7. The number of carbonyl (C=O) groups is 2. The standard InChI is InChI=1S/C38H51Cl2N3O5Si2/c1-12-46-36(45)29(21-25-13-19-31(47-49(8,9)37(2,3)4)32(22-25)48-50(10,11)38(5,6)7)41-34(44)23-30-35(26-14-16-27(39)17-15-26)42-33-20-18-28(40)24-43(30)33/h13-20,22,24,29H,12,21,23H2,1-11H3,(H,41,44). The third-order valence-corrected chi connectivity index (χ3v) is 19.0. The number of benzene rings is 2. The lowest BCUT2D eigenvalue weighted by Gasteiger charge is -2.39. The van der Waals surface area contributed by atoms with Gasteiger partial charge in [0.25, 0.3) is 16.6 Å². The van der Waals surface area contributed by atoms with Crippen LogP contribution in [0.15, 0.2) is 60.8 Å². The number of fused-ring (bicyclic) bond motifs is 1. The van der Waals surface area contributed by atoms with E-state index in [-0.39, 0.29) is 35.4 Å². The Bertz CT molecular complexity index is 1840. The number of ether oxygens (including phenoxy) is 1. The topological polar surface area (TPSA) is 91.2 Å². The Morgan fingerprint density at radius 2 is 1.42 bits per heavy atom. The van der Waals surface area contributed by atoms with Gasteiger partial charge in [0.2, 0.25) is 5.91 Å². The number of esters is 1. The number of nitrogens with one attached hydrogen (secondary N) is 1. The first kappa shape index (κ1) is 39.5. The van der Waals surface area contributed by atoms with Crippen molar-refractivity contribution in [3.8, 4) is 22.8 Å². The normalized spacial score (nSPS) is 13.2. The second kappa shape index (κ2) is 15.1. The number of amides is 1. The highest BCUT2D eigenvalue weighted by molar-refractivity contribution is 6.75. The molecular formula is C38H51Cl2N3O5Si2. The Balaban J connectivity index is 1.68. The van der Waals surface area contributed by atoms with E-state index in [1.807, 2.05) is 30.3 Å². The highest BCUT2D eigenvalue weighted by atomic mass is 35.5. The molecule has 0 spiro atoms. The zero-order valence-electron chi connectivity index (χ0n) is 31.2. The van der Waals surface area contributed by atoms with Crippen LogP contribution in [0.1, 0.15) is 59.7 Å². The second-order valence-corrected chi connectivity index (χ2v) is 26.1. The van der Waals surface area contributed by atoms with E-state index < -0.39 is 28.6 Å². The van der Waals surface area contributed by atoms with E-state index >= 15 is 0 Å². The zero-order chi connectivity index (χ0) is 37.2. The van der Waals surface area contributed by atoms with Crippen LogP contribution < -0.4 is 14.2 Å². The minimum atomic E-state index is -2.27. The lowest BCUT2D eigenvalue weighted by Crippen LogP contribution is -2.46. The molecule has 50 heavy (non-hydrogen) atoms. The molecular weight excluding hydrogens is 706 g/mol. The number of hydrogen-bond acceptors (Lipinski definition) is 6. The van der Waals surface area contributed by atoms with Crippen LogP contribution in [0.4, 0.5) is 0 Å². The third kappa shape index (κ3) is 9.31. The molecule has 8 nitrogen and oxygen atoms in total. The number of imidazole rings is 1. The number of nitrogens with zero attached hydrogens (tertiary/aromatic N) is 2. The molecule has 0 aliphatic heterocycles. The molecule has 1 N–H and O–H groups in total. The van der Waals surface area contributed by atoms with Crippen LogP contribution in [0.3, 0.4) is 0 Å². The summed E-state index contributed by atoms with van der Waals surface area (Å²) in [4.78, 5) is 31.9. The van der Waals surface area contributed by atoms with E-state index in [0.29, 0.717) is 38.6 Å². The smallest absolute Gasteiger partial charge is 0.328 e. The summed E-state index contributed by atoms with van der Waals surface area (Å²) in [7, 11) is -4.48. The summed E-state index contributed by atoms with van der Waals surface area (Å²) < 4.78 is 20.9. The molecule has 1 unspecified atom stereocenters. The van der Waals surface area contributed by atoms with Crippen molar-refractivity contribution in [2.45, 2.75) is 104 Å². The Hall–Kier alpha value is -3.32. The first-order chi connectivity index (χ1) is 23.1. The number of hydrogen-bond donors (Lipinski definition) is 1. The monoisotopic (exact) mass is 755 g/mol. The van der Waals surface area contributed by atoms with Crippen molar-refractivity contribution in [1.29, 1.82) is 0 Å². The van der Waals surface area contributed by atoms with E-state index in [0.717, 1.165) is 11.1 Å². The van der Waals surface area contributed by atoms with Gasteiger partial charge in [-0.1, -0.05) is 82.9 Å². The summed E-state index contributed by atoms with van der Waals surface area (Å²) in [6.07, 6.45) is 1.86. The zero-order valence-corrected chi connectivity index (χ0v) is 34.7. The predicted molar refractivity (Wildman–Crippen MR) is 209 cm³/mol. The molecule has 0 aliphatic rings. The first-order valence-electron chi connectivity index (χ1n) is 17.0. The van der Waals surface area contributed by atoms with Crippen molar-refractivity contribution in [2.24, 2.45) is 0 Å². The van der Waals surface area contributed by atoms with E-state index in [2.05, 4.69) is 73.0 Å². The molecule has 1 atom stereocenters. The average Bonchev–Trinajstić information content (AvgIpc) is 3.34. The van der Waals surface area contributed by atoms with Gasteiger partial charge in [-0.25, -0.2) is 9.78 Å². The van der Waals surface area contributed by atoms with Crippen LogP contribution in [-0.4, -0.2) is 50.5 Å². The van der Waals surface area contributed by atoms with Gasteiger partial charge in [0.05, 0.1) is 29.4 Å². The highest BCUT2D eigenvalue weighted by Gasteiger charge is 2.42. The van der Waals surface area contributed by atoms with E-state index in [1.165, 1.54) is 0 Å². The fourth-order valence-electron chi connectivity index (χ4n) is 4.84. The number of pyridine rings is 1. The maximum atomic E-state index is 13.8. The predicted octanol–water partition coefficient (Wildman–Crippen LogP) is 9.91. The first-order valence-corrected chi connectivity index (χ1v) is 23.6. The van der Waals surface area contributed by atoms with E-state index in [4.69, 9.17) is 41.8 Å².